The van der Waals surface area contributed by atoms with Crippen molar-refractivity contribution >= 4 is 5.91 Å². The molecule has 1 saturated heterocycles. The van der Waals surface area contributed by atoms with Gasteiger partial charge >= 0.3 is 0 Å². The highest BCUT2D eigenvalue weighted by Crippen LogP contribution is 2.34. The number of carbonyl (C=O) groups is 1. The first kappa shape index (κ1) is 14.6. The van der Waals surface area contributed by atoms with Crippen LogP contribution in [0.15, 0.2) is 10.6 Å². The molecule has 1 aliphatic carbocycles. The molecule has 0 aromatic carbocycles. The maximum absolute atomic E-state index is 13.0. The Morgan fingerprint density at radius 1 is 1.14 bits per heavy atom. The summed E-state index contributed by atoms with van der Waals surface area (Å²) < 4.78 is 5.24. The van der Waals surface area contributed by atoms with Crippen LogP contribution in [0.3, 0.4) is 0 Å². The van der Waals surface area contributed by atoms with Crippen molar-refractivity contribution in [1.29, 1.82) is 0 Å². The molecule has 0 unspecified atom stereocenters. The molecule has 1 saturated carbocycles. The number of nitrogens with zero attached hydrogens (tertiary/aromatic N) is 2. The number of hydrogen-bond donors (Lipinski definition) is 0. The fraction of sp³-hybridized carbons (Fsp3) is 0.765. The number of aromatic nitrogens is 1. The Hall–Kier alpha value is -1.32. The number of likely N-dealkylation sites (tertiary alicyclic amines) is 1. The topological polar surface area (TPSA) is 46.3 Å². The molecule has 1 aliphatic heterocycles. The highest BCUT2D eigenvalue weighted by Gasteiger charge is 2.33. The molecule has 21 heavy (non-hydrogen) atoms. The molecule has 0 spiro atoms. The van der Waals surface area contributed by atoms with Gasteiger partial charge in [0.15, 0.2) is 0 Å². The molecule has 4 nitrogen and oxygen atoms in total. The predicted molar refractivity (Wildman–Crippen MR) is 80.7 cm³/mol. The standard InChI is InChI=1S/C17H26N2O2/c1-13-12-15(18-21-13)16-10-6-3-7-11-19(16)17(20)14-8-4-2-5-9-14/h12,14,16H,2-11H2,1H3/t16-/m1/s1. The molecule has 1 aromatic rings. The van der Waals surface area contributed by atoms with Crippen LogP contribution in [-0.2, 0) is 4.79 Å². The predicted octanol–water partition coefficient (Wildman–Crippen LogP) is 4.01. The van der Waals surface area contributed by atoms with Gasteiger partial charge in [0.1, 0.15) is 11.5 Å². The van der Waals surface area contributed by atoms with Gasteiger partial charge in [0.25, 0.3) is 0 Å². The Morgan fingerprint density at radius 2 is 1.86 bits per heavy atom. The second-order valence-electron chi connectivity index (χ2n) is 6.59. The SMILES string of the molecule is Cc1cc([C@H]2CCCCCN2C(=O)C2CCCCC2)no1. The molecule has 1 atom stereocenters. The van der Waals surface area contributed by atoms with E-state index in [0.29, 0.717) is 5.91 Å². The third-order valence-electron chi connectivity index (χ3n) is 4.98. The van der Waals surface area contributed by atoms with Crippen molar-refractivity contribution in [3.8, 4) is 0 Å². The summed E-state index contributed by atoms with van der Waals surface area (Å²) in [6, 6.07) is 2.12. The lowest BCUT2D eigenvalue weighted by Gasteiger charge is -2.33. The summed E-state index contributed by atoms with van der Waals surface area (Å²) in [6.07, 6.45) is 10.4. The van der Waals surface area contributed by atoms with Crippen molar-refractivity contribution in [1.82, 2.24) is 10.1 Å². The monoisotopic (exact) mass is 290 g/mol. The van der Waals surface area contributed by atoms with E-state index in [9.17, 15) is 4.79 Å². The minimum atomic E-state index is 0.124. The van der Waals surface area contributed by atoms with E-state index in [1.807, 2.05) is 13.0 Å². The first-order chi connectivity index (χ1) is 10.3. The third kappa shape index (κ3) is 3.30. The van der Waals surface area contributed by atoms with Crippen LogP contribution >= 0.6 is 0 Å². The number of hydrogen-bond acceptors (Lipinski definition) is 3. The Labute approximate surface area is 126 Å². The van der Waals surface area contributed by atoms with Gasteiger partial charge in [0, 0.05) is 18.5 Å². The van der Waals surface area contributed by atoms with Gasteiger partial charge in [-0.15, -0.1) is 0 Å². The van der Waals surface area contributed by atoms with Crippen LogP contribution in [0.2, 0.25) is 0 Å². The summed E-state index contributed by atoms with van der Waals surface area (Å²) in [7, 11) is 0. The average Bonchev–Trinajstić information content (AvgIpc) is 2.80. The summed E-state index contributed by atoms with van der Waals surface area (Å²) in [5.74, 6) is 1.44. The molecule has 0 bridgehead atoms. The van der Waals surface area contributed by atoms with Crippen LogP contribution in [0.1, 0.15) is 75.3 Å². The summed E-state index contributed by atoms with van der Waals surface area (Å²) in [5, 5.41) is 4.19. The van der Waals surface area contributed by atoms with Crippen molar-refractivity contribution in [2.45, 2.75) is 70.8 Å². The number of amides is 1. The van der Waals surface area contributed by atoms with Gasteiger partial charge in [-0.3, -0.25) is 4.79 Å². The first-order valence-corrected chi connectivity index (χ1v) is 8.49. The second kappa shape index (κ2) is 6.63. The summed E-state index contributed by atoms with van der Waals surface area (Å²) in [4.78, 5) is 15.1. The lowest BCUT2D eigenvalue weighted by Crippen LogP contribution is -2.39. The third-order valence-corrected chi connectivity index (χ3v) is 4.98. The minimum Gasteiger partial charge on any atom is -0.361 e. The molecule has 2 heterocycles. The highest BCUT2D eigenvalue weighted by molar-refractivity contribution is 5.79. The zero-order valence-corrected chi connectivity index (χ0v) is 13.0. The van der Waals surface area contributed by atoms with Crippen molar-refractivity contribution < 1.29 is 9.32 Å². The van der Waals surface area contributed by atoms with Gasteiger partial charge < -0.3 is 9.42 Å². The molecule has 3 rings (SSSR count). The van der Waals surface area contributed by atoms with Crippen molar-refractivity contribution in [2.24, 2.45) is 5.92 Å². The van der Waals surface area contributed by atoms with E-state index < -0.39 is 0 Å². The molecule has 2 aliphatic rings. The maximum Gasteiger partial charge on any atom is 0.226 e. The first-order valence-electron chi connectivity index (χ1n) is 8.49. The molecule has 0 radical (unpaired) electrons. The fourth-order valence-electron chi connectivity index (χ4n) is 3.81. The molecule has 0 N–H and O–H groups in total. The lowest BCUT2D eigenvalue weighted by atomic mass is 9.87. The molecule has 1 amide bonds. The van der Waals surface area contributed by atoms with E-state index in [1.54, 1.807) is 0 Å². The van der Waals surface area contributed by atoms with E-state index in [-0.39, 0.29) is 12.0 Å². The largest absolute Gasteiger partial charge is 0.361 e. The van der Waals surface area contributed by atoms with Gasteiger partial charge in [0.05, 0.1) is 6.04 Å². The molecule has 2 fully saturated rings. The Balaban J connectivity index is 1.79. The number of rotatable bonds is 2. The summed E-state index contributed by atoms with van der Waals surface area (Å²) in [5.41, 5.74) is 0.943. The lowest BCUT2D eigenvalue weighted by molar-refractivity contribution is -0.139. The van der Waals surface area contributed by atoms with Gasteiger partial charge in [0.2, 0.25) is 5.91 Å². The van der Waals surface area contributed by atoms with E-state index in [2.05, 4.69) is 10.1 Å². The quantitative estimate of drug-likeness (QED) is 0.827. The van der Waals surface area contributed by atoms with E-state index in [0.717, 1.165) is 43.7 Å². The van der Waals surface area contributed by atoms with Gasteiger partial charge in [-0.2, -0.15) is 0 Å². The highest BCUT2D eigenvalue weighted by atomic mass is 16.5. The van der Waals surface area contributed by atoms with E-state index in [1.165, 1.54) is 32.1 Å². The van der Waals surface area contributed by atoms with Gasteiger partial charge in [-0.1, -0.05) is 37.3 Å². The number of aryl methyl sites for hydroxylation is 1. The molecular formula is C17H26N2O2. The Kier molecular flexibility index (Phi) is 4.61. The second-order valence-corrected chi connectivity index (χ2v) is 6.59. The minimum absolute atomic E-state index is 0.124. The van der Waals surface area contributed by atoms with Crippen molar-refractivity contribution in [3.05, 3.63) is 17.5 Å². The molecule has 1 aromatic heterocycles. The van der Waals surface area contributed by atoms with E-state index >= 15 is 0 Å². The van der Waals surface area contributed by atoms with Crippen molar-refractivity contribution in [2.75, 3.05) is 6.54 Å². The van der Waals surface area contributed by atoms with Crippen LogP contribution in [0.4, 0.5) is 0 Å². The van der Waals surface area contributed by atoms with Crippen LogP contribution < -0.4 is 0 Å². The van der Waals surface area contributed by atoms with Gasteiger partial charge in [-0.05, 0) is 32.6 Å². The number of carbonyl (C=O) groups excluding carboxylic acids is 1. The molecule has 116 valence electrons. The Bertz CT molecular complexity index is 477. The van der Waals surface area contributed by atoms with Crippen LogP contribution in [0.25, 0.3) is 0 Å². The summed E-state index contributed by atoms with van der Waals surface area (Å²) >= 11 is 0. The Morgan fingerprint density at radius 3 is 2.57 bits per heavy atom. The normalized spacial score (nSPS) is 24.8. The smallest absolute Gasteiger partial charge is 0.226 e. The van der Waals surface area contributed by atoms with Gasteiger partial charge in [-0.25, -0.2) is 0 Å². The average molecular weight is 290 g/mol. The van der Waals surface area contributed by atoms with Crippen molar-refractivity contribution in [3.63, 3.8) is 0 Å². The summed E-state index contributed by atoms with van der Waals surface area (Å²) in [6.45, 7) is 2.80. The molecule has 4 heteroatoms. The maximum atomic E-state index is 13.0. The molecular weight excluding hydrogens is 264 g/mol. The zero-order valence-electron chi connectivity index (χ0n) is 13.0. The zero-order chi connectivity index (χ0) is 14.7. The van der Waals surface area contributed by atoms with E-state index in [4.69, 9.17) is 4.52 Å². The van der Waals surface area contributed by atoms with Crippen LogP contribution in [-0.4, -0.2) is 22.5 Å². The van der Waals surface area contributed by atoms with Crippen LogP contribution in [0.5, 0.6) is 0 Å². The fourth-order valence-corrected chi connectivity index (χ4v) is 3.81. The van der Waals surface area contributed by atoms with Crippen LogP contribution in [0, 0.1) is 12.8 Å².